The number of nitrogens with zero attached hydrogens (tertiary/aromatic N) is 3. The maximum absolute atomic E-state index is 13.1. The summed E-state index contributed by atoms with van der Waals surface area (Å²) in [7, 11) is 0. The van der Waals surface area contributed by atoms with Crippen molar-refractivity contribution in [3.8, 4) is 11.4 Å². The van der Waals surface area contributed by atoms with Crippen molar-refractivity contribution in [3.05, 3.63) is 65.8 Å². The molecule has 146 valence electrons. The lowest BCUT2D eigenvalue weighted by molar-refractivity contribution is -0.137. The summed E-state index contributed by atoms with van der Waals surface area (Å²) in [5, 5.41) is 7.28. The molecule has 0 aliphatic heterocycles. The third kappa shape index (κ3) is 4.06. The van der Waals surface area contributed by atoms with Crippen LogP contribution in [0.15, 0.2) is 53.3 Å². The molecule has 0 saturated heterocycles. The Morgan fingerprint density at radius 1 is 1.14 bits per heavy atom. The standard InChI is InChI=1S/C20H19F3N4O/c21-20(22,23)16-6-2-5-15(11-16)18(13-3-1-4-13)25-12-17-26-19(27-28-17)14-7-9-24-10-8-14/h2,5-11,13,18,25H,1,3-4,12H2. The van der Waals surface area contributed by atoms with Crippen molar-refractivity contribution in [2.45, 2.75) is 38.0 Å². The molecule has 3 aromatic rings. The minimum absolute atomic E-state index is 0.188. The van der Waals surface area contributed by atoms with Crippen LogP contribution in [0.1, 0.15) is 42.3 Å². The number of alkyl halides is 3. The zero-order chi connectivity index (χ0) is 19.6. The fourth-order valence-corrected chi connectivity index (χ4v) is 3.38. The summed E-state index contributed by atoms with van der Waals surface area (Å²) in [4.78, 5) is 8.31. The third-order valence-electron chi connectivity index (χ3n) is 5.07. The van der Waals surface area contributed by atoms with Crippen molar-refractivity contribution >= 4 is 0 Å². The van der Waals surface area contributed by atoms with Crippen molar-refractivity contribution in [3.63, 3.8) is 0 Å². The Morgan fingerprint density at radius 2 is 1.93 bits per heavy atom. The highest BCUT2D eigenvalue weighted by molar-refractivity contribution is 5.52. The fraction of sp³-hybridized carbons (Fsp3) is 0.350. The molecule has 1 saturated carbocycles. The monoisotopic (exact) mass is 388 g/mol. The van der Waals surface area contributed by atoms with E-state index in [1.165, 1.54) is 12.1 Å². The highest BCUT2D eigenvalue weighted by Gasteiger charge is 2.33. The third-order valence-corrected chi connectivity index (χ3v) is 5.07. The molecule has 1 atom stereocenters. The second-order valence-corrected chi connectivity index (χ2v) is 6.92. The van der Waals surface area contributed by atoms with Gasteiger partial charge in [0.1, 0.15) is 0 Å². The number of hydrogen-bond donors (Lipinski definition) is 1. The van der Waals surface area contributed by atoms with Crippen LogP contribution < -0.4 is 5.32 Å². The van der Waals surface area contributed by atoms with Gasteiger partial charge in [-0.1, -0.05) is 23.7 Å². The Kier molecular flexibility index (Phi) is 5.13. The van der Waals surface area contributed by atoms with Gasteiger partial charge in [0, 0.05) is 24.0 Å². The molecule has 5 nitrogen and oxygen atoms in total. The van der Waals surface area contributed by atoms with Gasteiger partial charge in [-0.3, -0.25) is 4.98 Å². The quantitative estimate of drug-likeness (QED) is 0.658. The second-order valence-electron chi connectivity index (χ2n) is 6.92. The molecule has 1 fully saturated rings. The van der Waals surface area contributed by atoms with Crippen LogP contribution in [0.5, 0.6) is 0 Å². The van der Waals surface area contributed by atoms with Gasteiger partial charge in [-0.25, -0.2) is 0 Å². The van der Waals surface area contributed by atoms with Gasteiger partial charge in [0.05, 0.1) is 12.1 Å². The van der Waals surface area contributed by atoms with E-state index >= 15 is 0 Å². The molecule has 2 heterocycles. The fourth-order valence-electron chi connectivity index (χ4n) is 3.38. The number of aromatic nitrogens is 3. The van der Waals surface area contributed by atoms with E-state index in [2.05, 4.69) is 20.4 Å². The number of benzene rings is 1. The van der Waals surface area contributed by atoms with E-state index in [9.17, 15) is 13.2 Å². The van der Waals surface area contributed by atoms with E-state index in [-0.39, 0.29) is 12.6 Å². The van der Waals surface area contributed by atoms with Gasteiger partial charge >= 0.3 is 6.18 Å². The summed E-state index contributed by atoms with van der Waals surface area (Å²) in [6.07, 6.45) is 1.99. The van der Waals surface area contributed by atoms with Crippen molar-refractivity contribution < 1.29 is 17.7 Å². The van der Waals surface area contributed by atoms with Crippen molar-refractivity contribution in [1.29, 1.82) is 0 Å². The van der Waals surface area contributed by atoms with E-state index in [1.54, 1.807) is 30.6 Å². The van der Waals surface area contributed by atoms with Crippen molar-refractivity contribution in [2.24, 2.45) is 5.92 Å². The SMILES string of the molecule is FC(F)(F)c1cccc(C(NCc2nc(-c3ccncc3)no2)C2CCC2)c1. The maximum Gasteiger partial charge on any atom is 0.416 e. The first kappa shape index (κ1) is 18.6. The zero-order valence-electron chi connectivity index (χ0n) is 15.0. The molecule has 8 heteroatoms. The molecule has 1 aromatic carbocycles. The second kappa shape index (κ2) is 7.71. The van der Waals surface area contributed by atoms with E-state index in [0.717, 1.165) is 30.9 Å². The molecule has 1 N–H and O–H groups in total. The Hall–Kier alpha value is -2.74. The highest BCUT2D eigenvalue weighted by Crippen LogP contribution is 2.39. The van der Waals surface area contributed by atoms with Crippen molar-refractivity contribution in [2.75, 3.05) is 0 Å². The molecule has 0 amide bonds. The van der Waals surface area contributed by atoms with Gasteiger partial charge in [0.2, 0.25) is 11.7 Å². The smallest absolute Gasteiger partial charge is 0.338 e. The zero-order valence-corrected chi connectivity index (χ0v) is 15.0. The lowest BCUT2D eigenvalue weighted by atomic mass is 9.77. The van der Waals surface area contributed by atoms with Gasteiger partial charge in [0.25, 0.3) is 0 Å². The van der Waals surface area contributed by atoms with Gasteiger partial charge < -0.3 is 9.84 Å². The van der Waals surface area contributed by atoms with Crippen LogP contribution in [0.3, 0.4) is 0 Å². The molecule has 1 aliphatic carbocycles. The lowest BCUT2D eigenvalue weighted by Gasteiger charge is -2.34. The van der Waals surface area contributed by atoms with Gasteiger partial charge in [-0.05, 0) is 48.6 Å². The van der Waals surface area contributed by atoms with Gasteiger partial charge in [-0.2, -0.15) is 18.2 Å². The first-order valence-electron chi connectivity index (χ1n) is 9.14. The molecular formula is C20H19F3N4O. The summed E-state index contributed by atoms with van der Waals surface area (Å²) >= 11 is 0. The number of pyridine rings is 1. The number of halogens is 3. The molecule has 0 radical (unpaired) electrons. The Bertz CT molecular complexity index is 922. The number of nitrogens with one attached hydrogen (secondary N) is 1. The average Bonchev–Trinajstić information content (AvgIpc) is 3.13. The minimum Gasteiger partial charge on any atom is -0.338 e. The van der Waals surface area contributed by atoms with Crippen molar-refractivity contribution in [1.82, 2.24) is 20.4 Å². The largest absolute Gasteiger partial charge is 0.416 e. The number of hydrogen-bond acceptors (Lipinski definition) is 5. The van der Waals surface area contributed by atoms with Crippen LogP contribution >= 0.6 is 0 Å². The Balaban J connectivity index is 1.50. The van der Waals surface area contributed by atoms with E-state index in [1.807, 2.05) is 0 Å². The molecule has 4 rings (SSSR count). The van der Waals surface area contributed by atoms with Crippen LogP contribution in [0.2, 0.25) is 0 Å². The summed E-state index contributed by atoms with van der Waals surface area (Å²) < 4.78 is 44.5. The summed E-state index contributed by atoms with van der Waals surface area (Å²) in [6.45, 7) is 0.287. The summed E-state index contributed by atoms with van der Waals surface area (Å²) in [5.41, 5.74) is 0.792. The van der Waals surface area contributed by atoms with E-state index < -0.39 is 11.7 Å². The first-order chi connectivity index (χ1) is 13.5. The Labute approximate surface area is 160 Å². The predicted octanol–water partition coefficient (Wildman–Crippen LogP) is 4.78. The van der Waals surface area contributed by atoms with Crippen LogP contribution in [0.25, 0.3) is 11.4 Å². The normalized spacial score (nSPS) is 16.0. The van der Waals surface area contributed by atoms with Gasteiger partial charge in [0.15, 0.2) is 0 Å². The van der Waals surface area contributed by atoms with Crippen LogP contribution in [0, 0.1) is 5.92 Å². The molecule has 0 spiro atoms. The lowest BCUT2D eigenvalue weighted by Crippen LogP contribution is -2.32. The molecule has 1 aliphatic rings. The van der Waals surface area contributed by atoms with Crippen LogP contribution in [-0.2, 0) is 12.7 Å². The number of rotatable bonds is 6. The molecular weight excluding hydrogens is 369 g/mol. The summed E-state index contributed by atoms with van der Waals surface area (Å²) in [5.74, 6) is 1.15. The van der Waals surface area contributed by atoms with E-state index in [4.69, 9.17) is 4.52 Å². The molecule has 28 heavy (non-hydrogen) atoms. The Morgan fingerprint density at radius 3 is 2.61 bits per heavy atom. The first-order valence-corrected chi connectivity index (χ1v) is 9.14. The topological polar surface area (TPSA) is 63.8 Å². The molecule has 0 bridgehead atoms. The summed E-state index contributed by atoms with van der Waals surface area (Å²) in [6, 6.07) is 8.89. The molecule has 2 aromatic heterocycles. The van der Waals surface area contributed by atoms with Gasteiger partial charge in [-0.15, -0.1) is 0 Å². The highest BCUT2D eigenvalue weighted by atomic mass is 19.4. The predicted molar refractivity (Wildman–Crippen MR) is 95.9 cm³/mol. The molecule has 1 unspecified atom stereocenters. The maximum atomic E-state index is 13.1. The van der Waals surface area contributed by atoms with Crippen LogP contribution in [0.4, 0.5) is 13.2 Å². The average molecular weight is 388 g/mol. The van der Waals surface area contributed by atoms with E-state index in [0.29, 0.717) is 23.2 Å². The minimum atomic E-state index is -4.36. The van der Waals surface area contributed by atoms with Crippen LogP contribution in [-0.4, -0.2) is 15.1 Å².